The third-order valence-corrected chi connectivity index (χ3v) is 4.59. The zero-order chi connectivity index (χ0) is 18.5. The molecule has 0 heterocycles. The predicted octanol–water partition coefficient (Wildman–Crippen LogP) is 5.28. The number of hydrogen-bond donors (Lipinski definition) is 1. The standard InChI is InChI=1S/C17H19F2OP.2ClH.Ti/c1-10-7-12(17(2,3)4)16(20)15(8-10)21-14-6-5-11(18)9-13(14)19;;;/h5-9,20-21H,1-4H3;2*1H;/q;;;+2/p-2. The van der Waals surface area contributed by atoms with Crippen LogP contribution in [-0.2, 0) is 22.4 Å². The molecule has 7 heteroatoms. The van der Waals surface area contributed by atoms with Gasteiger partial charge in [-0.25, -0.2) is 8.78 Å². The van der Waals surface area contributed by atoms with Gasteiger partial charge in [-0.05, 0) is 36.1 Å². The van der Waals surface area contributed by atoms with E-state index in [-0.39, 0.29) is 19.7 Å². The molecule has 1 nitrogen and oxygen atoms in total. The van der Waals surface area contributed by atoms with E-state index >= 15 is 0 Å². The molecule has 0 amide bonds. The number of phenols is 1. The molecule has 0 fully saturated rings. The molecule has 0 saturated carbocycles. The first kappa shape index (κ1) is 21.9. The zero-order valence-corrected chi connectivity index (χ0v) is 17.9. The summed E-state index contributed by atoms with van der Waals surface area (Å²) in [6.45, 7) is 8.01. The summed E-state index contributed by atoms with van der Waals surface area (Å²) in [7, 11) is 9.73. The summed E-state index contributed by atoms with van der Waals surface area (Å²) < 4.78 is 26.8. The molecule has 0 aromatic heterocycles. The molecule has 130 valence electrons. The number of benzene rings is 2. The second-order valence-corrected chi connectivity index (χ2v) is 10.2. The van der Waals surface area contributed by atoms with Crippen LogP contribution in [0.5, 0.6) is 5.75 Å². The van der Waals surface area contributed by atoms with Crippen molar-refractivity contribution in [1.82, 2.24) is 0 Å². The van der Waals surface area contributed by atoms with Crippen molar-refractivity contribution in [2.45, 2.75) is 33.1 Å². The van der Waals surface area contributed by atoms with Gasteiger partial charge in [-0.15, -0.1) is 0 Å². The van der Waals surface area contributed by atoms with Crippen LogP contribution in [0.2, 0.25) is 0 Å². The van der Waals surface area contributed by atoms with Crippen molar-refractivity contribution < 1.29 is 30.9 Å². The minimum atomic E-state index is -0.593. The van der Waals surface area contributed by atoms with Gasteiger partial charge in [0.2, 0.25) is 0 Å². The zero-order valence-electron chi connectivity index (χ0n) is 13.8. The fourth-order valence-electron chi connectivity index (χ4n) is 2.18. The Hall–Kier alpha value is -0.176. The molecule has 0 bridgehead atoms. The van der Waals surface area contributed by atoms with E-state index < -0.39 is 28.7 Å². The Bertz CT molecular complexity index is 706. The second-order valence-electron chi connectivity index (χ2n) is 6.28. The monoisotopic (exact) mass is 426 g/mol. The van der Waals surface area contributed by atoms with Gasteiger partial charge in [-0.2, -0.15) is 0 Å². The maximum atomic E-state index is 13.8. The van der Waals surface area contributed by atoms with E-state index in [1.165, 1.54) is 12.1 Å². The second kappa shape index (κ2) is 9.50. The minimum absolute atomic E-state index is 0.0490. The third kappa shape index (κ3) is 6.28. The predicted molar refractivity (Wildman–Crippen MR) is 97.2 cm³/mol. The van der Waals surface area contributed by atoms with Crippen LogP contribution in [0.4, 0.5) is 8.78 Å². The van der Waals surface area contributed by atoms with Crippen molar-refractivity contribution in [2.75, 3.05) is 0 Å². The van der Waals surface area contributed by atoms with Crippen LogP contribution in [0.1, 0.15) is 31.9 Å². The van der Waals surface area contributed by atoms with Crippen LogP contribution < -0.4 is 10.6 Å². The normalized spacial score (nSPS) is 11.3. The average molecular weight is 427 g/mol. The summed E-state index contributed by atoms with van der Waals surface area (Å²) >= 11 is -0.556. The van der Waals surface area contributed by atoms with Crippen LogP contribution in [0.3, 0.4) is 0 Å². The fourth-order valence-corrected chi connectivity index (χ4v) is 3.38. The summed E-state index contributed by atoms with van der Waals surface area (Å²) in [5, 5.41) is 11.6. The quantitative estimate of drug-likeness (QED) is 0.511. The Morgan fingerprint density at radius 2 is 1.62 bits per heavy atom. The van der Waals surface area contributed by atoms with Crippen molar-refractivity contribution in [3.05, 3.63) is 53.1 Å². The summed E-state index contributed by atoms with van der Waals surface area (Å²) in [5.41, 5.74) is 1.66. The Labute approximate surface area is 160 Å². The van der Waals surface area contributed by atoms with E-state index in [9.17, 15) is 13.9 Å². The van der Waals surface area contributed by atoms with E-state index in [1.807, 2.05) is 39.8 Å². The summed E-state index contributed by atoms with van der Waals surface area (Å²) in [6.07, 6.45) is 0. The molecule has 1 N–H and O–H groups in total. The Morgan fingerprint density at radius 3 is 2.12 bits per heavy atom. The van der Waals surface area contributed by atoms with Gasteiger partial charge < -0.3 is 5.11 Å². The van der Waals surface area contributed by atoms with Gasteiger partial charge >= 0.3 is 35.6 Å². The van der Waals surface area contributed by atoms with Gasteiger partial charge in [-0.1, -0.05) is 35.4 Å². The maximum absolute atomic E-state index is 13.8. The number of rotatable bonds is 2. The molecule has 0 aliphatic heterocycles. The van der Waals surface area contributed by atoms with Gasteiger partial charge in [-0.3, -0.25) is 0 Å². The number of phenolic OH excluding ortho intramolecular Hbond substituents is 1. The van der Waals surface area contributed by atoms with E-state index in [0.29, 0.717) is 10.6 Å². The van der Waals surface area contributed by atoms with Gasteiger partial charge in [0.15, 0.2) is 0 Å². The molecule has 2 rings (SSSR count). The number of aromatic hydroxyl groups is 1. The number of halogens is 4. The first-order valence-electron chi connectivity index (χ1n) is 7.12. The van der Waals surface area contributed by atoms with Crippen molar-refractivity contribution in [1.29, 1.82) is 0 Å². The van der Waals surface area contributed by atoms with Crippen molar-refractivity contribution in [3.63, 3.8) is 0 Å². The first-order chi connectivity index (χ1) is 11.1. The summed E-state index contributed by atoms with van der Waals surface area (Å²) in [6, 6.07) is 7.35. The first-order valence-corrected chi connectivity index (χ1v) is 12.4. The van der Waals surface area contributed by atoms with E-state index in [0.717, 1.165) is 17.2 Å². The number of hydrogen-bond acceptors (Lipinski definition) is 1. The van der Waals surface area contributed by atoms with E-state index in [2.05, 4.69) is 0 Å². The molecule has 1 unspecified atom stereocenters. The molecule has 0 aliphatic carbocycles. The van der Waals surface area contributed by atoms with E-state index in [4.69, 9.17) is 18.6 Å². The van der Waals surface area contributed by atoms with Gasteiger partial charge in [0.05, 0.1) is 0 Å². The van der Waals surface area contributed by atoms with Crippen LogP contribution in [0.15, 0.2) is 30.3 Å². The SMILES string of the molecule is Cc1cc(Pc2ccc(F)cc2F)c(O)c(C(C)(C)C)c1.[Cl][Ti][Cl]. The Morgan fingerprint density at radius 1 is 1.04 bits per heavy atom. The molecule has 0 spiro atoms. The fraction of sp³-hybridized carbons (Fsp3) is 0.294. The summed E-state index contributed by atoms with van der Waals surface area (Å²) in [4.78, 5) is 0. The molecule has 2 aromatic rings. The van der Waals surface area contributed by atoms with Gasteiger partial charge in [0.25, 0.3) is 0 Å². The van der Waals surface area contributed by atoms with Crippen LogP contribution in [0.25, 0.3) is 0 Å². The van der Waals surface area contributed by atoms with Crippen LogP contribution in [-0.4, -0.2) is 5.11 Å². The van der Waals surface area contributed by atoms with Crippen molar-refractivity contribution in [3.8, 4) is 5.75 Å². The van der Waals surface area contributed by atoms with Crippen molar-refractivity contribution >= 4 is 37.8 Å². The molecule has 0 radical (unpaired) electrons. The summed E-state index contributed by atoms with van der Waals surface area (Å²) in [5.74, 6) is -0.966. The molecular weight excluding hydrogens is 408 g/mol. The van der Waals surface area contributed by atoms with E-state index in [1.54, 1.807) is 0 Å². The molecule has 0 aliphatic rings. The number of aryl methyl sites for hydroxylation is 1. The van der Waals surface area contributed by atoms with Gasteiger partial charge in [0, 0.05) is 22.2 Å². The molecule has 2 aromatic carbocycles. The molecular formula is C17H19Cl2F2OPTi. The Kier molecular flexibility index (Phi) is 8.66. The van der Waals surface area contributed by atoms with Crippen LogP contribution in [0, 0.1) is 18.6 Å². The molecule has 1 atom stereocenters. The topological polar surface area (TPSA) is 20.2 Å². The Balaban J connectivity index is 0.000000891. The average Bonchev–Trinajstić information content (AvgIpc) is 2.45. The van der Waals surface area contributed by atoms with Crippen molar-refractivity contribution in [2.24, 2.45) is 0 Å². The molecule has 0 saturated heterocycles. The van der Waals surface area contributed by atoms with Crippen LogP contribution >= 0.6 is 27.2 Å². The third-order valence-electron chi connectivity index (χ3n) is 3.26. The van der Waals surface area contributed by atoms with Gasteiger partial charge in [0.1, 0.15) is 17.4 Å². The molecule has 24 heavy (non-hydrogen) atoms.